The highest BCUT2D eigenvalue weighted by Gasteiger charge is 2.26. The summed E-state index contributed by atoms with van der Waals surface area (Å²) >= 11 is 0. The van der Waals surface area contributed by atoms with Gasteiger partial charge in [0.1, 0.15) is 11.9 Å². The lowest BCUT2D eigenvalue weighted by molar-refractivity contribution is 0.133. The predicted molar refractivity (Wildman–Crippen MR) is 74.9 cm³/mol. The van der Waals surface area contributed by atoms with Gasteiger partial charge in [-0.05, 0) is 52.0 Å². The van der Waals surface area contributed by atoms with Gasteiger partial charge in [-0.2, -0.15) is 0 Å². The molecule has 0 radical (unpaired) electrons. The lowest BCUT2D eigenvalue weighted by Crippen LogP contribution is -2.28. The van der Waals surface area contributed by atoms with Crippen LogP contribution >= 0.6 is 0 Å². The van der Waals surface area contributed by atoms with Gasteiger partial charge < -0.3 is 14.6 Å². The van der Waals surface area contributed by atoms with Gasteiger partial charge in [0, 0.05) is 25.3 Å². The molecule has 1 saturated heterocycles. The number of hydrogen-bond donors (Lipinski definition) is 1. The van der Waals surface area contributed by atoms with Crippen LogP contribution in [0.5, 0.6) is 0 Å². The van der Waals surface area contributed by atoms with Gasteiger partial charge in [-0.1, -0.05) is 0 Å². The van der Waals surface area contributed by atoms with Crippen LogP contribution in [-0.4, -0.2) is 38.7 Å². The van der Waals surface area contributed by atoms with Gasteiger partial charge >= 0.3 is 0 Å². The van der Waals surface area contributed by atoms with Crippen molar-refractivity contribution < 1.29 is 5.11 Å². The molecule has 3 rings (SSSR count). The van der Waals surface area contributed by atoms with Crippen molar-refractivity contribution in [2.75, 3.05) is 13.1 Å². The van der Waals surface area contributed by atoms with Crippen LogP contribution in [-0.2, 0) is 13.0 Å². The summed E-state index contributed by atoms with van der Waals surface area (Å²) in [5.74, 6) is 1.62. The quantitative estimate of drug-likeness (QED) is 0.906. The molecule has 2 atom stereocenters. The van der Waals surface area contributed by atoms with Crippen molar-refractivity contribution in [1.29, 1.82) is 0 Å². The molecule has 0 amide bonds. The van der Waals surface area contributed by atoms with E-state index in [4.69, 9.17) is 0 Å². The van der Waals surface area contributed by atoms with Crippen molar-refractivity contribution in [3.63, 3.8) is 0 Å². The van der Waals surface area contributed by atoms with Crippen molar-refractivity contribution in [2.45, 2.75) is 58.2 Å². The van der Waals surface area contributed by atoms with E-state index in [9.17, 15) is 5.11 Å². The average Bonchev–Trinajstić information content (AvgIpc) is 2.96. The summed E-state index contributed by atoms with van der Waals surface area (Å²) < 4.78 is 2.15. The molecule has 4 heteroatoms. The van der Waals surface area contributed by atoms with E-state index in [2.05, 4.69) is 34.5 Å². The Morgan fingerprint density at radius 3 is 2.89 bits per heavy atom. The van der Waals surface area contributed by atoms with E-state index in [0.717, 1.165) is 37.5 Å². The average molecular weight is 263 g/mol. The molecule has 2 unspecified atom stereocenters. The van der Waals surface area contributed by atoms with Crippen LogP contribution < -0.4 is 0 Å². The first kappa shape index (κ1) is 13.1. The molecule has 0 spiro atoms. The Labute approximate surface area is 115 Å². The maximum Gasteiger partial charge on any atom is 0.137 e. The zero-order valence-corrected chi connectivity index (χ0v) is 12.0. The SMILES string of the molecule is CC(C)N1CCC(Cc2cn3c(n2)C(O)CCC3)C1. The second-order valence-electron chi connectivity index (χ2n) is 6.39. The molecule has 1 fully saturated rings. The first-order valence-corrected chi connectivity index (χ1v) is 7.61. The smallest absolute Gasteiger partial charge is 0.137 e. The fourth-order valence-electron chi connectivity index (χ4n) is 3.41. The highest BCUT2D eigenvalue weighted by atomic mass is 16.3. The van der Waals surface area contributed by atoms with Crippen LogP contribution in [0, 0.1) is 5.92 Å². The van der Waals surface area contributed by atoms with Crippen molar-refractivity contribution >= 4 is 0 Å². The van der Waals surface area contributed by atoms with Crippen LogP contribution in [0.2, 0.25) is 0 Å². The minimum atomic E-state index is -0.349. The fraction of sp³-hybridized carbons (Fsp3) is 0.800. The standard InChI is InChI=1S/C15H25N3O/c1-11(2)17-7-5-12(9-17)8-13-10-18-6-3-4-14(19)15(18)16-13/h10-12,14,19H,3-9H2,1-2H3. The molecule has 1 aromatic heterocycles. The van der Waals surface area contributed by atoms with E-state index < -0.39 is 0 Å². The maximum atomic E-state index is 9.96. The third-order valence-corrected chi connectivity index (χ3v) is 4.58. The van der Waals surface area contributed by atoms with Crippen LogP contribution in [0.4, 0.5) is 0 Å². The van der Waals surface area contributed by atoms with E-state index in [-0.39, 0.29) is 6.10 Å². The maximum absolute atomic E-state index is 9.96. The van der Waals surface area contributed by atoms with Crippen LogP contribution in [0.15, 0.2) is 6.20 Å². The number of imidazole rings is 1. The number of aliphatic hydroxyl groups excluding tert-OH is 1. The largest absolute Gasteiger partial charge is 0.385 e. The summed E-state index contributed by atoms with van der Waals surface area (Å²) in [4.78, 5) is 7.21. The summed E-state index contributed by atoms with van der Waals surface area (Å²) in [6, 6.07) is 0.655. The third-order valence-electron chi connectivity index (χ3n) is 4.58. The van der Waals surface area contributed by atoms with E-state index in [1.165, 1.54) is 25.2 Å². The van der Waals surface area contributed by atoms with E-state index in [0.29, 0.717) is 6.04 Å². The summed E-state index contributed by atoms with van der Waals surface area (Å²) in [6.07, 6.45) is 6.09. The topological polar surface area (TPSA) is 41.3 Å². The number of hydrogen-bond acceptors (Lipinski definition) is 3. The molecule has 0 aliphatic carbocycles. The van der Waals surface area contributed by atoms with Crippen LogP contribution in [0.3, 0.4) is 0 Å². The lowest BCUT2D eigenvalue weighted by Gasteiger charge is -2.19. The number of aryl methyl sites for hydroxylation is 1. The first-order valence-electron chi connectivity index (χ1n) is 7.61. The molecule has 19 heavy (non-hydrogen) atoms. The monoisotopic (exact) mass is 263 g/mol. The number of rotatable bonds is 3. The summed E-state index contributed by atoms with van der Waals surface area (Å²) in [5, 5.41) is 9.96. The molecule has 106 valence electrons. The molecule has 2 aliphatic heterocycles. The van der Waals surface area contributed by atoms with E-state index >= 15 is 0 Å². The number of nitrogens with zero attached hydrogens (tertiary/aromatic N) is 3. The predicted octanol–water partition coefficient (Wildman–Crippen LogP) is 1.98. The fourth-order valence-corrected chi connectivity index (χ4v) is 3.41. The molecule has 1 aromatic rings. The highest BCUT2D eigenvalue weighted by molar-refractivity contribution is 5.09. The number of likely N-dealkylation sites (tertiary alicyclic amines) is 1. The van der Waals surface area contributed by atoms with Gasteiger partial charge in [0.25, 0.3) is 0 Å². The number of aliphatic hydroxyl groups is 1. The molecule has 4 nitrogen and oxygen atoms in total. The van der Waals surface area contributed by atoms with Crippen molar-refractivity contribution in [3.05, 3.63) is 17.7 Å². The van der Waals surface area contributed by atoms with Crippen LogP contribution in [0.1, 0.15) is 50.7 Å². The molecule has 2 aliphatic rings. The van der Waals surface area contributed by atoms with Gasteiger partial charge in [0.05, 0.1) is 5.69 Å². The van der Waals surface area contributed by atoms with Crippen molar-refractivity contribution in [3.8, 4) is 0 Å². The van der Waals surface area contributed by atoms with Gasteiger partial charge in [-0.3, -0.25) is 0 Å². The minimum Gasteiger partial charge on any atom is -0.385 e. The Morgan fingerprint density at radius 2 is 2.21 bits per heavy atom. The highest BCUT2D eigenvalue weighted by Crippen LogP contribution is 2.27. The van der Waals surface area contributed by atoms with Gasteiger partial charge in [0.2, 0.25) is 0 Å². The Hall–Kier alpha value is -0.870. The van der Waals surface area contributed by atoms with E-state index in [1.54, 1.807) is 0 Å². The van der Waals surface area contributed by atoms with Crippen molar-refractivity contribution in [2.24, 2.45) is 5.92 Å². The first-order chi connectivity index (χ1) is 9.13. The summed E-state index contributed by atoms with van der Waals surface area (Å²) in [7, 11) is 0. The minimum absolute atomic E-state index is 0.349. The lowest BCUT2D eigenvalue weighted by atomic mass is 10.0. The van der Waals surface area contributed by atoms with E-state index in [1.807, 2.05) is 0 Å². The molecular formula is C15H25N3O. The summed E-state index contributed by atoms with van der Waals surface area (Å²) in [6.45, 7) is 7.98. The number of fused-ring (bicyclic) bond motifs is 1. The molecule has 0 saturated carbocycles. The van der Waals surface area contributed by atoms with Crippen LogP contribution in [0.25, 0.3) is 0 Å². The molecule has 0 bridgehead atoms. The van der Waals surface area contributed by atoms with Gasteiger partial charge in [-0.15, -0.1) is 0 Å². The Kier molecular flexibility index (Phi) is 3.63. The third kappa shape index (κ3) is 2.70. The molecule has 0 aromatic carbocycles. The zero-order chi connectivity index (χ0) is 13.4. The molecule has 1 N–H and O–H groups in total. The second kappa shape index (κ2) is 5.25. The summed E-state index contributed by atoms with van der Waals surface area (Å²) in [5.41, 5.74) is 1.17. The Morgan fingerprint density at radius 1 is 1.37 bits per heavy atom. The molecular weight excluding hydrogens is 238 g/mol. The van der Waals surface area contributed by atoms with Crippen molar-refractivity contribution in [1.82, 2.24) is 14.5 Å². The molecule has 3 heterocycles. The number of aromatic nitrogens is 2. The Bertz CT molecular complexity index is 441. The Balaban J connectivity index is 1.65. The zero-order valence-electron chi connectivity index (χ0n) is 12.0. The second-order valence-corrected chi connectivity index (χ2v) is 6.39. The van der Waals surface area contributed by atoms with Gasteiger partial charge in [0.15, 0.2) is 0 Å². The normalized spacial score (nSPS) is 28.0. The van der Waals surface area contributed by atoms with Gasteiger partial charge in [-0.25, -0.2) is 4.98 Å².